The van der Waals surface area contributed by atoms with Crippen molar-refractivity contribution in [1.82, 2.24) is 18.3 Å². The van der Waals surface area contributed by atoms with E-state index in [9.17, 15) is 0 Å². The molecule has 0 bridgehead atoms. The topological polar surface area (TPSA) is 19.7 Å². The maximum absolute atomic E-state index is 2.51. The average molecular weight is 1830 g/mol. The van der Waals surface area contributed by atoms with Gasteiger partial charge in [0, 0.05) is 65.8 Å². The van der Waals surface area contributed by atoms with Gasteiger partial charge in [0.25, 0.3) is 0 Å². The maximum Gasteiger partial charge on any atom is 0.0541 e. The minimum Gasteiger partial charge on any atom is -0.309 e. The van der Waals surface area contributed by atoms with Gasteiger partial charge < -0.3 is 18.3 Å². The number of benzene rings is 18. The van der Waals surface area contributed by atoms with Gasteiger partial charge in [-0.15, -0.1) is 0 Å². The van der Waals surface area contributed by atoms with Gasteiger partial charge in [-0.2, -0.15) is 0 Å². The van der Waals surface area contributed by atoms with Crippen molar-refractivity contribution in [2.45, 2.75) is 237 Å². The van der Waals surface area contributed by atoms with Crippen molar-refractivity contribution < 1.29 is 0 Å². The lowest BCUT2D eigenvalue weighted by Crippen LogP contribution is -2.10. The first-order chi connectivity index (χ1) is 66.1. The molecule has 22 rings (SSSR count). The van der Waals surface area contributed by atoms with Crippen LogP contribution in [0.25, 0.3) is 198 Å². The quantitative estimate of drug-likeness (QED) is 0.135. The predicted molar refractivity (Wildman–Crippen MR) is 611 cm³/mol. The fraction of sp³-hybridized carbons (Fsp3) is 0.265. The van der Waals surface area contributed by atoms with Gasteiger partial charge in [0.15, 0.2) is 0 Å². The third-order valence-corrected chi connectivity index (χ3v) is 30.5. The van der Waals surface area contributed by atoms with Crippen LogP contribution in [-0.4, -0.2) is 18.3 Å². The molecule has 0 aliphatic rings. The fourth-order valence-corrected chi connectivity index (χ4v) is 22.2. The third kappa shape index (κ3) is 16.1. The van der Waals surface area contributed by atoms with Crippen molar-refractivity contribution in [3.05, 3.63) is 382 Å². The molecule has 4 nitrogen and oxygen atoms in total. The van der Waals surface area contributed by atoms with Gasteiger partial charge in [-0.3, -0.25) is 0 Å². The number of hydrogen-bond donors (Lipinski definition) is 0. The predicted octanol–water partition coefficient (Wildman–Crippen LogP) is 38.7. The lowest BCUT2D eigenvalue weighted by atomic mass is 9.85. The molecule has 700 valence electrons. The Bertz CT molecular complexity index is 8060. The average Bonchev–Trinajstić information content (AvgIpc) is 1.46. The van der Waals surface area contributed by atoms with Crippen molar-refractivity contribution in [1.29, 1.82) is 0 Å². The largest absolute Gasteiger partial charge is 0.309 e. The molecular weight excluding hydrogens is 1690 g/mol. The van der Waals surface area contributed by atoms with E-state index in [0.717, 1.165) is 22.7 Å². The van der Waals surface area contributed by atoms with Crippen molar-refractivity contribution in [2.24, 2.45) is 0 Å². The summed E-state index contributed by atoms with van der Waals surface area (Å²) >= 11 is 0. The van der Waals surface area contributed by atoms with Gasteiger partial charge in [-0.05, 0) is 349 Å². The van der Waals surface area contributed by atoms with Gasteiger partial charge in [0.2, 0.25) is 0 Å². The molecule has 0 radical (unpaired) electrons. The Hall–Kier alpha value is -13.8. The minimum absolute atomic E-state index is 0.0240. The molecule has 0 amide bonds. The summed E-state index contributed by atoms with van der Waals surface area (Å²) in [7, 11) is 0. The molecule has 0 spiro atoms. The molecule has 0 N–H and O–H groups in total. The molecule has 0 saturated carbocycles. The van der Waals surface area contributed by atoms with E-state index in [4.69, 9.17) is 0 Å². The van der Waals surface area contributed by atoms with E-state index in [1.807, 2.05) is 0 Å². The zero-order valence-corrected chi connectivity index (χ0v) is 87.8. The Morgan fingerprint density at radius 3 is 0.486 bits per heavy atom. The van der Waals surface area contributed by atoms with Crippen LogP contribution in [0.1, 0.15) is 233 Å². The van der Waals surface area contributed by atoms with Crippen LogP contribution in [0.5, 0.6) is 0 Å². The second kappa shape index (κ2) is 32.9. The van der Waals surface area contributed by atoms with E-state index in [1.165, 1.54) is 242 Å². The van der Waals surface area contributed by atoms with Gasteiger partial charge in [-0.1, -0.05) is 358 Å². The zero-order valence-electron chi connectivity index (χ0n) is 87.8. The second-order valence-electron chi connectivity index (χ2n) is 49.1. The van der Waals surface area contributed by atoms with Crippen molar-refractivity contribution >= 4 is 130 Å². The number of fused-ring (bicyclic) bond motifs is 16. The van der Waals surface area contributed by atoms with Crippen LogP contribution in [0.3, 0.4) is 0 Å². The van der Waals surface area contributed by atoms with E-state index in [2.05, 4.69) is 528 Å². The molecule has 0 fully saturated rings. The second-order valence-corrected chi connectivity index (χ2v) is 49.1. The number of aryl methyl sites for hydroxylation is 4. The Morgan fingerprint density at radius 2 is 0.314 bits per heavy atom. The summed E-state index contributed by atoms with van der Waals surface area (Å²) in [5, 5.41) is 20.3. The maximum atomic E-state index is 2.51. The van der Waals surface area contributed by atoms with Gasteiger partial charge >= 0.3 is 0 Å². The summed E-state index contributed by atoms with van der Waals surface area (Å²) in [6.07, 6.45) is 0. The molecule has 22 aromatic rings. The summed E-state index contributed by atoms with van der Waals surface area (Å²) in [6, 6.07) is 123. The van der Waals surface area contributed by atoms with Crippen LogP contribution in [-0.2, 0) is 43.3 Å². The summed E-state index contributed by atoms with van der Waals surface area (Å²) in [6.45, 7) is 64.4. The summed E-state index contributed by atoms with van der Waals surface area (Å²) < 4.78 is 10.1. The van der Waals surface area contributed by atoms with Crippen LogP contribution in [0.15, 0.2) is 315 Å². The zero-order chi connectivity index (χ0) is 98.8. The smallest absolute Gasteiger partial charge is 0.0541 e. The monoisotopic (exact) mass is 1830 g/mol. The molecule has 0 saturated heterocycles. The Morgan fingerprint density at radius 1 is 0.136 bits per heavy atom. The Labute approximate surface area is 829 Å². The first kappa shape index (κ1) is 92.5. The summed E-state index contributed by atoms with van der Waals surface area (Å²) in [5.41, 5.74) is 40.3. The molecular formula is C136H136N4. The molecule has 0 aliphatic carbocycles. The van der Waals surface area contributed by atoms with Crippen molar-refractivity contribution in [3.8, 4) is 67.3 Å². The standard InChI is InChI=1S/2C68H68N2/c1-41-15-19-43(20-16-41)63-51-29-27-50(70-61-33-25-47(67(9,10)11)37-55(61)56-38-48(68(12,13)14)26-34-62(56)70)40-58(51)64(44-21-17-42(2)18-22-44)52-30-28-49(39-57(52)63)69-59-31-23-45(65(3,4)5)35-53(59)54-36-46(66(6,7)8)24-32-60(54)69;1-41-17-15-19-43(33-41)63-51-27-25-50(70-61-31-23-47(67(9,10)11)37-55(61)56-38-48(68(12,13)14)24-32-62(56)70)40-58(51)64(44-20-16-18-42(2)34-44)52-28-26-49(39-57(52)63)69-59-29-21-45(65(3,4)5)35-53(59)54-36-46(66(6,7)8)22-30-60(54)69/h2*15-40H,1-14H3. The highest BCUT2D eigenvalue weighted by atomic mass is 15.0. The first-order valence-corrected chi connectivity index (χ1v) is 50.8. The van der Waals surface area contributed by atoms with Crippen LogP contribution < -0.4 is 0 Å². The highest BCUT2D eigenvalue weighted by Crippen LogP contribution is 2.53. The van der Waals surface area contributed by atoms with Gasteiger partial charge in [0.05, 0.1) is 44.1 Å². The van der Waals surface area contributed by atoms with Crippen LogP contribution in [0, 0.1) is 27.7 Å². The highest BCUT2D eigenvalue weighted by molar-refractivity contribution is 6.25. The fourth-order valence-electron chi connectivity index (χ4n) is 22.2. The highest BCUT2D eigenvalue weighted by Gasteiger charge is 2.31. The molecule has 0 atom stereocenters. The van der Waals surface area contributed by atoms with E-state index in [1.54, 1.807) is 0 Å². The molecule has 4 aromatic heterocycles. The lowest BCUT2D eigenvalue weighted by Gasteiger charge is -2.21. The van der Waals surface area contributed by atoms with Crippen LogP contribution >= 0.6 is 0 Å². The van der Waals surface area contributed by atoms with Crippen molar-refractivity contribution in [2.75, 3.05) is 0 Å². The van der Waals surface area contributed by atoms with Gasteiger partial charge in [0.1, 0.15) is 0 Å². The normalized spacial score (nSPS) is 13.0. The number of hydrogen-bond acceptors (Lipinski definition) is 0. The van der Waals surface area contributed by atoms with Crippen LogP contribution in [0.2, 0.25) is 0 Å². The SMILES string of the molecule is Cc1ccc(-c2c3ccc(-n4c5ccc(C(C)(C)C)cc5c5cc(C(C)(C)C)ccc54)cc3c(-c3ccc(C)cc3)c3ccc(-n4c5ccc(C(C)(C)C)cc5c5cc(C(C)(C)C)ccc54)cc23)cc1.Cc1cccc(-c2c3ccc(-n4c5ccc(C(C)(C)C)cc5c5cc(C(C)(C)C)ccc54)cc3c(-c3cccc(C)c3)c3ccc(-n4c5ccc(C(C)(C)C)cc5c5cc(C(C)(C)C)ccc54)cc23)c1. The number of aromatic nitrogens is 4. The molecule has 4 heteroatoms. The van der Waals surface area contributed by atoms with E-state index >= 15 is 0 Å². The molecule has 18 aromatic carbocycles. The Kier molecular flexibility index (Phi) is 21.8. The van der Waals surface area contributed by atoms with Gasteiger partial charge in [-0.25, -0.2) is 0 Å². The summed E-state index contributed by atoms with van der Waals surface area (Å²) in [4.78, 5) is 0. The van der Waals surface area contributed by atoms with E-state index in [-0.39, 0.29) is 43.3 Å². The minimum atomic E-state index is 0.0240. The van der Waals surface area contributed by atoms with E-state index in [0.29, 0.717) is 0 Å². The molecule has 140 heavy (non-hydrogen) atoms. The molecule has 0 aliphatic heterocycles. The first-order valence-electron chi connectivity index (χ1n) is 50.8. The molecule has 0 unspecified atom stereocenters. The van der Waals surface area contributed by atoms with Crippen molar-refractivity contribution in [3.63, 3.8) is 0 Å². The number of nitrogens with zero attached hydrogens (tertiary/aromatic N) is 4. The van der Waals surface area contributed by atoms with E-state index < -0.39 is 0 Å². The molecule has 4 heterocycles. The summed E-state index contributed by atoms with van der Waals surface area (Å²) in [5.74, 6) is 0. The van der Waals surface area contributed by atoms with Crippen LogP contribution in [0.4, 0.5) is 0 Å². The lowest BCUT2D eigenvalue weighted by molar-refractivity contribution is 0.590. The Balaban J connectivity index is 0.000000166. The number of rotatable bonds is 8. The third-order valence-electron chi connectivity index (χ3n) is 30.5.